The second-order valence-electron chi connectivity index (χ2n) is 5.61. The number of Topliss-reactive ketones (excluding diaryl/α,β-unsaturated/α-hetero) is 1. The molecule has 1 saturated heterocycles. The Balaban J connectivity index is 2.25. The van der Waals surface area contributed by atoms with E-state index in [1.54, 1.807) is 4.90 Å². The Labute approximate surface area is 109 Å². The molecule has 0 aromatic carbocycles. The number of ether oxygens (including phenoxy) is 1. The zero-order valence-electron chi connectivity index (χ0n) is 11.4. The maximum absolute atomic E-state index is 11.7. The highest BCUT2D eigenvalue weighted by molar-refractivity contribution is 5.84. The molecular weight excluding hydrogens is 230 g/mol. The maximum atomic E-state index is 11.7. The molecule has 0 N–H and O–H groups in total. The molecule has 0 aliphatic carbocycles. The van der Waals surface area contributed by atoms with E-state index in [-0.39, 0.29) is 17.8 Å². The minimum absolute atomic E-state index is 0.0321. The summed E-state index contributed by atoms with van der Waals surface area (Å²) in [5.74, 6) is 2.68. The SMILES string of the molecule is C#CCCCC(=O)C1CN(C(=O)OC(C)(C)C)C1. The molecule has 0 atom stereocenters. The fraction of sp³-hybridized carbons (Fsp3) is 0.714. The Bertz CT molecular complexity index is 356. The molecule has 0 spiro atoms. The van der Waals surface area contributed by atoms with Crippen molar-refractivity contribution in [3.8, 4) is 12.3 Å². The molecule has 100 valence electrons. The number of unbranched alkanes of at least 4 members (excludes halogenated alkanes) is 1. The van der Waals surface area contributed by atoms with Gasteiger partial charge in [0.15, 0.2) is 0 Å². The average molecular weight is 251 g/mol. The first-order valence-electron chi connectivity index (χ1n) is 6.27. The van der Waals surface area contributed by atoms with Gasteiger partial charge >= 0.3 is 6.09 Å². The van der Waals surface area contributed by atoms with E-state index in [0.717, 1.165) is 6.42 Å². The van der Waals surface area contributed by atoms with Crippen LogP contribution >= 0.6 is 0 Å². The predicted octanol–water partition coefficient (Wildman–Crippen LogP) is 2.23. The van der Waals surface area contributed by atoms with Crippen LogP contribution in [0.25, 0.3) is 0 Å². The van der Waals surface area contributed by atoms with Crippen molar-refractivity contribution in [1.82, 2.24) is 4.90 Å². The quantitative estimate of drug-likeness (QED) is 0.568. The summed E-state index contributed by atoms with van der Waals surface area (Å²) in [5.41, 5.74) is -0.487. The van der Waals surface area contributed by atoms with Gasteiger partial charge in [-0.15, -0.1) is 12.3 Å². The summed E-state index contributed by atoms with van der Waals surface area (Å²) in [5, 5.41) is 0. The fourth-order valence-electron chi connectivity index (χ4n) is 1.73. The molecule has 1 fully saturated rings. The number of ketones is 1. The molecular formula is C14H21NO3. The van der Waals surface area contributed by atoms with Gasteiger partial charge in [0.1, 0.15) is 11.4 Å². The standard InChI is InChI=1S/C14H21NO3/c1-5-6-7-8-12(16)11-9-15(10-11)13(17)18-14(2,3)4/h1,11H,6-10H2,2-4H3. The van der Waals surface area contributed by atoms with Crippen molar-refractivity contribution in [3.63, 3.8) is 0 Å². The van der Waals surface area contributed by atoms with Gasteiger partial charge in [-0.2, -0.15) is 0 Å². The number of nitrogens with zero attached hydrogens (tertiary/aromatic N) is 1. The van der Waals surface area contributed by atoms with Gasteiger partial charge < -0.3 is 9.64 Å². The first-order chi connectivity index (χ1) is 8.33. The van der Waals surface area contributed by atoms with Gasteiger partial charge in [-0.3, -0.25) is 4.79 Å². The molecule has 1 amide bonds. The fourth-order valence-corrected chi connectivity index (χ4v) is 1.73. The molecule has 1 heterocycles. The largest absolute Gasteiger partial charge is 0.444 e. The van der Waals surface area contributed by atoms with Gasteiger partial charge in [0, 0.05) is 25.9 Å². The number of rotatable bonds is 4. The van der Waals surface area contributed by atoms with Crippen molar-refractivity contribution in [3.05, 3.63) is 0 Å². The summed E-state index contributed by atoms with van der Waals surface area (Å²) in [7, 11) is 0. The van der Waals surface area contributed by atoms with E-state index < -0.39 is 5.60 Å². The van der Waals surface area contributed by atoms with Gasteiger partial charge in [0.25, 0.3) is 0 Å². The van der Waals surface area contributed by atoms with E-state index in [1.807, 2.05) is 20.8 Å². The van der Waals surface area contributed by atoms with Crippen molar-refractivity contribution in [1.29, 1.82) is 0 Å². The van der Waals surface area contributed by atoms with Crippen molar-refractivity contribution >= 4 is 11.9 Å². The smallest absolute Gasteiger partial charge is 0.410 e. The molecule has 4 heteroatoms. The molecule has 1 rings (SSSR count). The summed E-state index contributed by atoms with van der Waals surface area (Å²) in [6.07, 6.45) is 6.67. The minimum Gasteiger partial charge on any atom is -0.444 e. The molecule has 0 bridgehead atoms. The molecule has 0 aromatic heterocycles. The summed E-state index contributed by atoms with van der Waals surface area (Å²) in [6.45, 7) is 6.43. The third-order valence-corrected chi connectivity index (χ3v) is 2.73. The Kier molecular flexibility index (Phi) is 4.77. The van der Waals surface area contributed by atoms with Gasteiger partial charge in [0.2, 0.25) is 0 Å². The van der Waals surface area contributed by atoms with Gasteiger partial charge in [0.05, 0.1) is 5.92 Å². The van der Waals surface area contributed by atoms with Crippen molar-refractivity contribution in [2.75, 3.05) is 13.1 Å². The van der Waals surface area contributed by atoms with E-state index in [9.17, 15) is 9.59 Å². The topological polar surface area (TPSA) is 46.6 Å². The first-order valence-corrected chi connectivity index (χ1v) is 6.27. The highest BCUT2D eigenvalue weighted by atomic mass is 16.6. The van der Waals surface area contributed by atoms with Crippen LogP contribution in [-0.4, -0.2) is 35.5 Å². The lowest BCUT2D eigenvalue weighted by molar-refractivity contribution is -0.127. The molecule has 0 saturated carbocycles. The summed E-state index contributed by atoms with van der Waals surface area (Å²) >= 11 is 0. The maximum Gasteiger partial charge on any atom is 0.410 e. The summed E-state index contributed by atoms with van der Waals surface area (Å²) in [4.78, 5) is 24.9. The van der Waals surface area contributed by atoms with Gasteiger partial charge in [-0.25, -0.2) is 4.79 Å². The molecule has 0 radical (unpaired) electrons. The van der Waals surface area contributed by atoms with E-state index in [1.165, 1.54) is 0 Å². The molecule has 1 aliphatic rings. The third-order valence-electron chi connectivity index (χ3n) is 2.73. The van der Waals surface area contributed by atoms with Gasteiger partial charge in [-0.1, -0.05) is 0 Å². The molecule has 4 nitrogen and oxygen atoms in total. The summed E-state index contributed by atoms with van der Waals surface area (Å²) in [6, 6.07) is 0. The van der Waals surface area contributed by atoms with Crippen LogP contribution in [0.3, 0.4) is 0 Å². The lowest BCUT2D eigenvalue weighted by Crippen LogP contribution is -2.54. The van der Waals surface area contributed by atoms with Crippen LogP contribution in [0.15, 0.2) is 0 Å². The highest BCUT2D eigenvalue weighted by Gasteiger charge is 2.37. The number of carbonyl (C=O) groups is 2. The van der Waals surface area contributed by atoms with E-state index >= 15 is 0 Å². The van der Waals surface area contributed by atoms with Crippen LogP contribution in [0.4, 0.5) is 4.79 Å². The Morgan fingerprint density at radius 2 is 2.00 bits per heavy atom. The number of terminal acetylenes is 1. The van der Waals surface area contributed by atoms with Crippen LogP contribution in [0, 0.1) is 18.3 Å². The molecule has 1 aliphatic heterocycles. The zero-order valence-corrected chi connectivity index (χ0v) is 11.4. The van der Waals surface area contributed by atoms with E-state index in [2.05, 4.69) is 5.92 Å². The number of amides is 1. The lowest BCUT2D eigenvalue weighted by atomic mass is 9.92. The Hall–Kier alpha value is -1.50. The normalized spacial score (nSPS) is 15.8. The van der Waals surface area contributed by atoms with Crippen molar-refractivity contribution in [2.45, 2.75) is 45.6 Å². The second-order valence-corrected chi connectivity index (χ2v) is 5.61. The van der Waals surface area contributed by atoms with Crippen molar-refractivity contribution < 1.29 is 14.3 Å². The van der Waals surface area contributed by atoms with Crippen LogP contribution in [-0.2, 0) is 9.53 Å². The van der Waals surface area contributed by atoms with Crippen molar-refractivity contribution in [2.24, 2.45) is 5.92 Å². The first kappa shape index (κ1) is 14.6. The van der Waals surface area contributed by atoms with Gasteiger partial charge in [-0.05, 0) is 27.2 Å². The lowest BCUT2D eigenvalue weighted by Gasteiger charge is -2.38. The molecule has 0 aromatic rings. The number of carbonyl (C=O) groups excluding carboxylic acids is 2. The highest BCUT2D eigenvalue weighted by Crippen LogP contribution is 2.21. The minimum atomic E-state index is -0.487. The molecule has 0 unspecified atom stereocenters. The number of hydrogen-bond donors (Lipinski definition) is 0. The van der Waals surface area contributed by atoms with Crippen LogP contribution in [0.2, 0.25) is 0 Å². The third kappa shape index (κ3) is 4.40. The Morgan fingerprint density at radius 1 is 1.39 bits per heavy atom. The Morgan fingerprint density at radius 3 is 2.50 bits per heavy atom. The summed E-state index contributed by atoms with van der Waals surface area (Å²) < 4.78 is 5.22. The monoisotopic (exact) mass is 251 g/mol. The number of hydrogen-bond acceptors (Lipinski definition) is 3. The van der Waals surface area contributed by atoms with E-state index in [0.29, 0.717) is 25.9 Å². The average Bonchev–Trinajstić information content (AvgIpc) is 2.12. The number of likely N-dealkylation sites (tertiary alicyclic amines) is 1. The van der Waals surface area contributed by atoms with Crippen LogP contribution in [0.1, 0.15) is 40.0 Å². The second kappa shape index (κ2) is 5.90. The van der Waals surface area contributed by atoms with Crippen LogP contribution in [0.5, 0.6) is 0 Å². The zero-order chi connectivity index (χ0) is 13.8. The van der Waals surface area contributed by atoms with E-state index in [4.69, 9.17) is 11.2 Å². The predicted molar refractivity (Wildman–Crippen MR) is 69.0 cm³/mol. The van der Waals surface area contributed by atoms with Crippen LogP contribution < -0.4 is 0 Å². The molecule has 18 heavy (non-hydrogen) atoms.